The maximum atomic E-state index is 13.2. The van der Waals surface area contributed by atoms with E-state index in [2.05, 4.69) is 4.90 Å². The van der Waals surface area contributed by atoms with Crippen molar-refractivity contribution in [2.24, 2.45) is 11.7 Å². The largest absolute Gasteiger partial charge is 0.364 e. The van der Waals surface area contributed by atoms with Crippen molar-refractivity contribution in [3.05, 3.63) is 30.1 Å². The Morgan fingerprint density at radius 2 is 2.25 bits per heavy atom. The topological polar surface area (TPSA) is 29.3 Å². The van der Waals surface area contributed by atoms with Crippen molar-refractivity contribution in [1.29, 1.82) is 0 Å². The monoisotopic (exact) mass is 220 g/mol. The normalized spacial score (nSPS) is 32.4. The van der Waals surface area contributed by atoms with Gasteiger partial charge in [0.15, 0.2) is 0 Å². The van der Waals surface area contributed by atoms with Crippen LogP contribution in [0.3, 0.4) is 0 Å². The quantitative estimate of drug-likeness (QED) is 0.827. The Bertz CT molecular complexity index is 393. The van der Waals surface area contributed by atoms with Crippen molar-refractivity contribution in [3.8, 4) is 0 Å². The number of fused-ring (bicyclic) bond motifs is 2. The molecule has 1 aromatic carbocycles. The highest BCUT2D eigenvalue weighted by molar-refractivity contribution is 5.51. The fourth-order valence-electron chi connectivity index (χ4n) is 3.44. The number of halogens is 1. The van der Waals surface area contributed by atoms with E-state index < -0.39 is 0 Å². The van der Waals surface area contributed by atoms with Crippen molar-refractivity contribution in [3.63, 3.8) is 0 Å². The first-order chi connectivity index (χ1) is 7.79. The Morgan fingerprint density at radius 3 is 3.00 bits per heavy atom. The molecule has 0 amide bonds. The van der Waals surface area contributed by atoms with Gasteiger partial charge in [-0.2, -0.15) is 0 Å². The van der Waals surface area contributed by atoms with Crippen molar-refractivity contribution in [2.75, 3.05) is 11.4 Å². The van der Waals surface area contributed by atoms with Crippen molar-refractivity contribution >= 4 is 5.69 Å². The zero-order chi connectivity index (χ0) is 11.1. The first-order valence-electron chi connectivity index (χ1n) is 6.03. The molecule has 1 saturated carbocycles. The highest BCUT2D eigenvalue weighted by atomic mass is 19.1. The molecular formula is C13H17FN2. The smallest absolute Gasteiger partial charge is 0.125 e. The molecule has 2 nitrogen and oxygen atoms in total. The molecular weight excluding hydrogens is 203 g/mol. The summed E-state index contributed by atoms with van der Waals surface area (Å²) >= 11 is 0. The van der Waals surface area contributed by atoms with E-state index in [1.54, 1.807) is 12.1 Å². The summed E-state index contributed by atoms with van der Waals surface area (Å²) in [6.45, 7) is 0.678. The third-order valence-corrected chi connectivity index (χ3v) is 4.09. The Hall–Kier alpha value is -1.09. The molecule has 2 aliphatic rings. The van der Waals surface area contributed by atoms with Gasteiger partial charge in [0.2, 0.25) is 0 Å². The number of benzene rings is 1. The van der Waals surface area contributed by atoms with Crippen LogP contribution in [0, 0.1) is 11.7 Å². The van der Waals surface area contributed by atoms with Gasteiger partial charge in [0.1, 0.15) is 5.82 Å². The minimum atomic E-state index is -0.156. The van der Waals surface area contributed by atoms with Gasteiger partial charge >= 0.3 is 0 Å². The molecule has 0 radical (unpaired) electrons. The van der Waals surface area contributed by atoms with Gasteiger partial charge in [-0.1, -0.05) is 6.07 Å². The van der Waals surface area contributed by atoms with Crippen LogP contribution >= 0.6 is 0 Å². The third-order valence-electron chi connectivity index (χ3n) is 4.09. The summed E-state index contributed by atoms with van der Waals surface area (Å²) in [6, 6.07) is 7.90. The maximum absolute atomic E-state index is 13.2. The highest BCUT2D eigenvalue weighted by Gasteiger charge is 2.44. The first-order valence-corrected chi connectivity index (χ1v) is 6.03. The van der Waals surface area contributed by atoms with Crippen molar-refractivity contribution in [1.82, 2.24) is 0 Å². The van der Waals surface area contributed by atoms with Crippen LogP contribution in [0.2, 0.25) is 0 Å². The van der Waals surface area contributed by atoms with E-state index in [0.29, 0.717) is 18.6 Å². The molecule has 0 aromatic heterocycles. The van der Waals surface area contributed by atoms with Gasteiger partial charge in [-0.05, 0) is 43.4 Å². The Labute approximate surface area is 95.2 Å². The lowest BCUT2D eigenvalue weighted by molar-refractivity contribution is 0.434. The van der Waals surface area contributed by atoms with Gasteiger partial charge in [-0.15, -0.1) is 0 Å². The van der Waals surface area contributed by atoms with E-state index in [1.807, 2.05) is 6.07 Å². The predicted molar refractivity (Wildman–Crippen MR) is 62.9 cm³/mol. The molecule has 0 spiro atoms. The molecule has 3 rings (SSSR count). The number of piperidine rings is 1. The van der Waals surface area contributed by atoms with E-state index in [1.165, 1.54) is 25.3 Å². The van der Waals surface area contributed by atoms with Gasteiger partial charge in [-0.25, -0.2) is 4.39 Å². The summed E-state index contributed by atoms with van der Waals surface area (Å²) < 4.78 is 13.2. The number of hydrogen-bond acceptors (Lipinski definition) is 2. The van der Waals surface area contributed by atoms with Crippen LogP contribution in [-0.2, 0) is 0 Å². The zero-order valence-corrected chi connectivity index (χ0v) is 9.27. The lowest BCUT2D eigenvalue weighted by Crippen LogP contribution is -2.45. The number of rotatable bonds is 2. The minimum Gasteiger partial charge on any atom is -0.364 e. The Morgan fingerprint density at radius 1 is 1.38 bits per heavy atom. The van der Waals surface area contributed by atoms with E-state index in [4.69, 9.17) is 5.73 Å². The van der Waals surface area contributed by atoms with E-state index in [9.17, 15) is 4.39 Å². The summed E-state index contributed by atoms with van der Waals surface area (Å²) in [7, 11) is 0. The van der Waals surface area contributed by atoms with E-state index in [0.717, 1.165) is 11.6 Å². The molecule has 16 heavy (non-hydrogen) atoms. The maximum Gasteiger partial charge on any atom is 0.125 e. The first kappa shape index (κ1) is 10.1. The highest BCUT2D eigenvalue weighted by Crippen LogP contribution is 2.44. The molecule has 1 aromatic rings. The van der Waals surface area contributed by atoms with Gasteiger partial charge in [0.05, 0.1) is 0 Å². The minimum absolute atomic E-state index is 0.156. The standard InChI is InChI=1S/C13H17FN2/c14-10-2-1-3-11(7-10)16-12-5-4-9(6-12)13(16)8-15/h1-3,7,9,12-13H,4-6,8,15H2. The van der Waals surface area contributed by atoms with Crippen LogP contribution in [0.5, 0.6) is 0 Å². The molecule has 2 N–H and O–H groups in total. The number of anilines is 1. The molecule has 2 bridgehead atoms. The fourth-order valence-corrected chi connectivity index (χ4v) is 3.44. The summed E-state index contributed by atoms with van der Waals surface area (Å²) in [5.41, 5.74) is 6.85. The summed E-state index contributed by atoms with van der Waals surface area (Å²) in [5, 5.41) is 0. The third kappa shape index (κ3) is 1.42. The second-order valence-corrected chi connectivity index (χ2v) is 4.92. The van der Waals surface area contributed by atoms with Crippen LogP contribution < -0.4 is 10.6 Å². The number of nitrogens with two attached hydrogens (primary N) is 1. The average Bonchev–Trinajstić information content (AvgIpc) is 2.88. The van der Waals surface area contributed by atoms with Crippen molar-refractivity contribution in [2.45, 2.75) is 31.3 Å². The van der Waals surface area contributed by atoms with Gasteiger partial charge in [-0.3, -0.25) is 0 Å². The molecule has 1 heterocycles. The van der Waals surface area contributed by atoms with Gasteiger partial charge in [0.25, 0.3) is 0 Å². The average molecular weight is 220 g/mol. The summed E-state index contributed by atoms with van der Waals surface area (Å²) in [6.07, 6.45) is 3.76. The van der Waals surface area contributed by atoms with E-state index in [-0.39, 0.29) is 5.82 Å². The lowest BCUT2D eigenvalue weighted by atomic mass is 9.98. The zero-order valence-electron chi connectivity index (χ0n) is 9.27. The summed E-state index contributed by atoms with van der Waals surface area (Å²) in [4.78, 5) is 2.34. The molecule has 2 fully saturated rings. The fraction of sp³-hybridized carbons (Fsp3) is 0.538. The van der Waals surface area contributed by atoms with Gasteiger partial charge < -0.3 is 10.6 Å². The summed E-state index contributed by atoms with van der Waals surface area (Å²) in [5.74, 6) is 0.564. The Balaban J connectivity index is 1.94. The van der Waals surface area contributed by atoms with E-state index >= 15 is 0 Å². The molecule has 3 unspecified atom stereocenters. The second-order valence-electron chi connectivity index (χ2n) is 4.92. The van der Waals surface area contributed by atoms with Crippen LogP contribution in [0.1, 0.15) is 19.3 Å². The van der Waals surface area contributed by atoms with Crippen molar-refractivity contribution < 1.29 is 4.39 Å². The van der Waals surface area contributed by atoms with Crippen LogP contribution in [-0.4, -0.2) is 18.6 Å². The molecule has 1 aliphatic heterocycles. The molecule has 3 atom stereocenters. The van der Waals surface area contributed by atoms with Crippen LogP contribution in [0.4, 0.5) is 10.1 Å². The lowest BCUT2D eigenvalue weighted by Gasteiger charge is -2.36. The van der Waals surface area contributed by atoms with Crippen LogP contribution in [0.25, 0.3) is 0 Å². The molecule has 1 saturated heterocycles. The SMILES string of the molecule is NCC1C2CCC(C2)N1c1cccc(F)c1. The molecule has 1 aliphatic carbocycles. The second kappa shape index (κ2) is 3.74. The van der Waals surface area contributed by atoms with Gasteiger partial charge in [0, 0.05) is 24.3 Å². The number of nitrogens with zero attached hydrogens (tertiary/aromatic N) is 1. The number of hydrogen-bond donors (Lipinski definition) is 1. The molecule has 3 heteroatoms. The van der Waals surface area contributed by atoms with Crippen LogP contribution in [0.15, 0.2) is 24.3 Å². The molecule has 86 valence electrons. The Kier molecular flexibility index (Phi) is 2.36. The predicted octanol–water partition coefficient (Wildman–Crippen LogP) is 2.14.